The summed E-state index contributed by atoms with van der Waals surface area (Å²) in [4.78, 5) is 2.49. The van der Waals surface area contributed by atoms with E-state index >= 15 is 0 Å². The van der Waals surface area contributed by atoms with E-state index in [1.165, 1.54) is 11.1 Å². The second-order valence-electron chi connectivity index (χ2n) is 8.92. The lowest BCUT2D eigenvalue weighted by molar-refractivity contribution is -0.204. The SMILES string of the molecule is COc1ccc(C23CCN(C)C2CC2(CC3)OCC(c3ccccc3)O2)cc1OC. The van der Waals surface area contributed by atoms with Gasteiger partial charge in [0.15, 0.2) is 17.3 Å². The Balaban J connectivity index is 1.42. The van der Waals surface area contributed by atoms with Gasteiger partial charge in [-0.25, -0.2) is 0 Å². The maximum absolute atomic E-state index is 6.60. The quantitative estimate of drug-likeness (QED) is 0.752. The first-order valence-electron chi connectivity index (χ1n) is 10.9. The minimum Gasteiger partial charge on any atom is -0.493 e. The highest BCUT2D eigenvalue weighted by Crippen LogP contribution is 2.55. The summed E-state index contributed by atoms with van der Waals surface area (Å²) in [5.41, 5.74) is 2.63. The first-order valence-corrected chi connectivity index (χ1v) is 10.9. The van der Waals surface area contributed by atoms with Gasteiger partial charge in [-0.15, -0.1) is 0 Å². The molecule has 0 aromatic heterocycles. The Bertz CT molecular complexity index is 903. The van der Waals surface area contributed by atoms with E-state index in [2.05, 4.69) is 48.3 Å². The molecule has 1 saturated carbocycles. The first-order chi connectivity index (χ1) is 14.6. The van der Waals surface area contributed by atoms with Crippen molar-refractivity contribution in [2.75, 3.05) is 34.4 Å². The summed E-state index contributed by atoms with van der Waals surface area (Å²) < 4.78 is 24.0. The lowest BCUT2D eigenvalue weighted by Crippen LogP contribution is -2.52. The molecule has 3 fully saturated rings. The first kappa shape index (κ1) is 19.9. The van der Waals surface area contributed by atoms with Gasteiger partial charge in [0.25, 0.3) is 0 Å². The lowest BCUT2D eigenvalue weighted by Gasteiger charge is -2.48. The molecule has 4 unspecified atom stereocenters. The van der Waals surface area contributed by atoms with Crippen molar-refractivity contribution in [2.45, 2.75) is 49.0 Å². The van der Waals surface area contributed by atoms with E-state index in [4.69, 9.17) is 18.9 Å². The van der Waals surface area contributed by atoms with Crippen LogP contribution in [0.3, 0.4) is 0 Å². The normalized spacial score (nSPS) is 33.6. The van der Waals surface area contributed by atoms with E-state index in [1.807, 2.05) is 12.1 Å². The van der Waals surface area contributed by atoms with Crippen LogP contribution in [-0.2, 0) is 14.9 Å². The van der Waals surface area contributed by atoms with Crippen molar-refractivity contribution in [3.63, 3.8) is 0 Å². The largest absolute Gasteiger partial charge is 0.493 e. The second-order valence-corrected chi connectivity index (χ2v) is 8.92. The van der Waals surface area contributed by atoms with Crippen molar-refractivity contribution in [3.05, 3.63) is 59.7 Å². The van der Waals surface area contributed by atoms with Gasteiger partial charge in [-0.3, -0.25) is 0 Å². The zero-order valence-corrected chi connectivity index (χ0v) is 18.1. The zero-order chi connectivity index (χ0) is 20.8. The summed E-state index contributed by atoms with van der Waals surface area (Å²) in [6, 6.07) is 17.2. The molecular formula is C25H31NO4. The van der Waals surface area contributed by atoms with E-state index in [9.17, 15) is 0 Å². The van der Waals surface area contributed by atoms with Crippen LogP contribution in [0.1, 0.15) is 42.9 Å². The van der Waals surface area contributed by atoms with Crippen molar-refractivity contribution in [2.24, 2.45) is 0 Å². The topological polar surface area (TPSA) is 40.2 Å². The molecule has 2 aromatic rings. The van der Waals surface area contributed by atoms with E-state index < -0.39 is 5.79 Å². The summed E-state index contributed by atoms with van der Waals surface area (Å²) in [5.74, 6) is 1.10. The Kier molecular flexibility index (Phi) is 5.00. The predicted molar refractivity (Wildman–Crippen MR) is 115 cm³/mol. The summed E-state index contributed by atoms with van der Waals surface area (Å²) in [7, 11) is 5.62. The van der Waals surface area contributed by atoms with E-state index in [-0.39, 0.29) is 11.5 Å². The molecule has 2 saturated heterocycles. The van der Waals surface area contributed by atoms with Crippen molar-refractivity contribution < 1.29 is 18.9 Å². The molecule has 2 aliphatic heterocycles. The van der Waals surface area contributed by atoms with Crippen LogP contribution in [0.5, 0.6) is 11.5 Å². The Labute approximate surface area is 178 Å². The van der Waals surface area contributed by atoms with Crippen LogP contribution in [0.25, 0.3) is 0 Å². The van der Waals surface area contributed by atoms with Gasteiger partial charge in [0.05, 0.1) is 20.8 Å². The minimum absolute atomic E-state index is 0.0199. The van der Waals surface area contributed by atoms with E-state index in [0.717, 1.165) is 43.7 Å². The average Bonchev–Trinajstić information content (AvgIpc) is 3.36. The van der Waals surface area contributed by atoms with E-state index in [1.54, 1.807) is 14.2 Å². The summed E-state index contributed by atoms with van der Waals surface area (Å²) in [5, 5.41) is 0. The second kappa shape index (κ2) is 7.56. The van der Waals surface area contributed by atoms with Crippen molar-refractivity contribution >= 4 is 0 Å². The van der Waals surface area contributed by atoms with Gasteiger partial charge in [-0.2, -0.15) is 0 Å². The molecule has 2 heterocycles. The van der Waals surface area contributed by atoms with Crippen LogP contribution in [0.4, 0.5) is 0 Å². The zero-order valence-electron chi connectivity index (χ0n) is 18.1. The lowest BCUT2D eigenvalue weighted by atomic mass is 9.64. The molecule has 0 amide bonds. The highest BCUT2D eigenvalue weighted by atomic mass is 16.7. The fraction of sp³-hybridized carbons (Fsp3) is 0.520. The molecular weight excluding hydrogens is 378 g/mol. The van der Waals surface area contributed by atoms with Crippen LogP contribution in [0, 0.1) is 0 Å². The Morgan fingerprint density at radius 1 is 0.967 bits per heavy atom. The van der Waals surface area contributed by atoms with Crippen LogP contribution in [0.2, 0.25) is 0 Å². The maximum Gasteiger partial charge on any atom is 0.170 e. The standard InChI is InChI=1S/C25H31NO4/c1-26-14-13-24(19-9-10-20(27-2)21(15-19)28-3)11-12-25(16-23(24)26)29-17-22(30-25)18-7-5-4-6-8-18/h4-10,15,22-23H,11-14,16-17H2,1-3H3. The number of nitrogens with zero attached hydrogens (tertiary/aromatic N) is 1. The Morgan fingerprint density at radius 3 is 2.53 bits per heavy atom. The minimum atomic E-state index is -0.482. The van der Waals surface area contributed by atoms with Crippen LogP contribution in [0.15, 0.2) is 48.5 Å². The fourth-order valence-corrected chi connectivity index (χ4v) is 5.83. The third-order valence-electron chi connectivity index (χ3n) is 7.52. The highest BCUT2D eigenvalue weighted by Gasteiger charge is 2.57. The summed E-state index contributed by atoms with van der Waals surface area (Å²) in [6.07, 6.45) is 4.00. The molecule has 1 spiro atoms. The molecule has 0 radical (unpaired) electrons. The summed E-state index contributed by atoms with van der Waals surface area (Å²) >= 11 is 0. The van der Waals surface area contributed by atoms with Crippen LogP contribution < -0.4 is 9.47 Å². The monoisotopic (exact) mass is 409 g/mol. The number of hydrogen-bond acceptors (Lipinski definition) is 5. The van der Waals surface area contributed by atoms with E-state index in [0.29, 0.717) is 12.6 Å². The van der Waals surface area contributed by atoms with Gasteiger partial charge in [-0.1, -0.05) is 36.4 Å². The smallest absolute Gasteiger partial charge is 0.170 e. The number of hydrogen-bond donors (Lipinski definition) is 0. The number of likely N-dealkylation sites (tertiary alicyclic amines) is 1. The number of benzene rings is 2. The third kappa shape index (κ3) is 3.11. The molecule has 0 N–H and O–H groups in total. The number of ether oxygens (including phenoxy) is 4. The number of likely N-dealkylation sites (N-methyl/N-ethyl adjacent to an activating group) is 1. The van der Waals surface area contributed by atoms with Gasteiger partial charge in [0.1, 0.15) is 6.10 Å². The van der Waals surface area contributed by atoms with Gasteiger partial charge in [-0.05, 0) is 49.7 Å². The molecule has 4 atom stereocenters. The van der Waals surface area contributed by atoms with Crippen molar-refractivity contribution in [3.8, 4) is 11.5 Å². The predicted octanol–water partition coefficient (Wildman–Crippen LogP) is 4.31. The molecule has 0 bridgehead atoms. The molecule has 160 valence electrons. The van der Waals surface area contributed by atoms with Crippen molar-refractivity contribution in [1.29, 1.82) is 0 Å². The average molecular weight is 410 g/mol. The number of fused-ring (bicyclic) bond motifs is 1. The van der Waals surface area contributed by atoms with Gasteiger partial charge in [0.2, 0.25) is 0 Å². The molecule has 2 aromatic carbocycles. The fourth-order valence-electron chi connectivity index (χ4n) is 5.83. The maximum atomic E-state index is 6.60. The van der Waals surface area contributed by atoms with Crippen LogP contribution >= 0.6 is 0 Å². The Hall–Kier alpha value is -2.08. The summed E-state index contributed by atoms with van der Waals surface area (Å²) in [6.45, 7) is 1.71. The molecule has 1 aliphatic carbocycles. The van der Waals surface area contributed by atoms with Gasteiger partial charge < -0.3 is 23.8 Å². The molecule has 5 nitrogen and oxygen atoms in total. The molecule has 5 rings (SSSR count). The number of rotatable bonds is 4. The molecule has 5 heteroatoms. The van der Waals surface area contributed by atoms with Gasteiger partial charge >= 0.3 is 0 Å². The van der Waals surface area contributed by atoms with Crippen LogP contribution in [-0.4, -0.2) is 51.1 Å². The molecule has 3 aliphatic rings. The van der Waals surface area contributed by atoms with Gasteiger partial charge in [0, 0.05) is 24.3 Å². The highest BCUT2D eigenvalue weighted by molar-refractivity contribution is 5.46. The number of methoxy groups -OCH3 is 2. The van der Waals surface area contributed by atoms with Crippen molar-refractivity contribution in [1.82, 2.24) is 4.90 Å². The third-order valence-corrected chi connectivity index (χ3v) is 7.52. The molecule has 30 heavy (non-hydrogen) atoms. The Morgan fingerprint density at radius 2 is 1.77 bits per heavy atom.